The molecule has 0 unspecified atom stereocenters. The molecule has 2 N–H and O–H groups in total. The predicted octanol–water partition coefficient (Wildman–Crippen LogP) is 2.55. The number of likely N-dealkylation sites (tertiary alicyclic amines) is 1. The molecule has 0 atom stereocenters. The average molecular weight is 439 g/mol. The number of hydrogen-bond donors (Lipinski definition) is 2. The molecule has 1 aromatic rings. The van der Waals surface area contributed by atoms with E-state index in [-0.39, 0.29) is 30.1 Å². The van der Waals surface area contributed by atoms with Crippen LogP contribution < -0.4 is 5.32 Å². The molecule has 7 heteroatoms. The zero-order valence-corrected chi connectivity index (χ0v) is 15.6. The molecule has 0 spiro atoms. The van der Waals surface area contributed by atoms with Crippen molar-refractivity contribution in [1.82, 2.24) is 10.2 Å². The third kappa shape index (κ3) is 5.87. The van der Waals surface area contributed by atoms with E-state index in [2.05, 4.69) is 15.2 Å². The second kappa shape index (κ2) is 10.0. The van der Waals surface area contributed by atoms with Crippen molar-refractivity contribution in [2.24, 2.45) is 4.99 Å². The third-order valence-electron chi connectivity index (χ3n) is 3.77. The van der Waals surface area contributed by atoms with Gasteiger partial charge in [-0.25, -0.2) is 8.78 Å². The molecule has 0 amide bonds. The Hall–Kier alpha value is -0.960. The molecule has 1 fully saturated rings. The first kappa shape index (κ1) is 20.1. The molecule has 0 bridgehead atoms. The maximum Gasteiger partial charge on any atom is 0.193 e. The van der Waals surface area contributed by atoms with Gasteiger partial charge < -0.3 is 15.3 Å². The van der Waals surface area contributed by atoms with Gasteiger partial charge in [-0.05, 0) is 37.8 Å². The Morgan fingerprint density at radius 2 is 2.04 bits per heavy atom. The molecule has 1 aliphatic rings. The van der Waals surface area contributed by atoms with Crippen LogP contribution in [0.5, 0.6) is 0 Å². The Kier molecular flexibility index (Phi) is 8.75. The Labute approximate surface area is 153 Å². The number of aliphatic hydroxyl groups is 1. The Balaban J connectivity index is 0.00000264. The predicted molar refractivity (Wildman–Crippen MR) is 98.3 cm³/mol. The number of aliphatic imine (C=N–C) groups is 1. The highest BCUT2D eigenvalue weighted by atomic mass is 127. The summed E-state index contributed by atoms with van der Waals surface area (Å²) < 4.78 is 26.8. The SMILES string of the molecule is CCNC(=NCCc1cccc(F)c1F)N1CCC(O)CC1.I. The quantitative estimate of drug-likeness (QED) is 0.431. The van der Waals surface area contributed by atoms with E-state index in [1.165, 1.54) is 6.07 Å². The van der Waals surface area contributed by atoms with Crippen molar-refractivity contribution in [1.29, 1.82) is 0 Å². The smallest absolute Gasteiger partial charge is 0.193 e. The van der Waals surface area contributed by atoms with E-state index in [9.17, 15) is 13.9 Å². The first-order valence-corrected chi connectivity index (χ1v) is 7.76. The molecule has 1 saturated heterocycles. The van der Waals surface area contributed by atoms with Gasteiger partial charge in [-0.3, -0.25) is 4.99 Å². The fraction of sp³-hybridized carbons (Fsp3) is 0.562. The van der Waals surface area contributed by atoms with Crippen molar-refractivity contribution in [2.45, 2.75) is 32.3 Å². The molecule has 0 saturated carbocycles. The summed E-state index contributed by atoms with van der Waals surface area (Å²) in [5.41, 5.74) is 0.341. The summed E-state index contributed by atoms with van der Waals surface area (Å²) in [4.78, 5) is 6.58. The number of guanidine groups is 1. The van der Waals surface area contributed by atoms with E-state index in [0.717, 1.165) is 44.5 Å². The molecule has 1 aromatic carbocycles. The highest BCUT2D eigenvalue weighted by molar-refractivity contribution is 14.0. The van der Waals surface area contributed by atoms with Gasteiger partial charge in [0.15, 0.2) is 17.6 Å². The van der Waals surface area contributed by atoms with Crippen LogP contribution in [0, 0.1) is 11.6 Å². The monoisotopic (exact) mass is 439 g/mol. The zero-order valence-electron chi connectivity index (χ0n) is 13.3. The second-order valence-corrected chi connectivity index (χ2v) is 5.42. The van der Waals surface area contributed by atoms with Crippen molar-refractivity contribution in [3.8, 4) is 0 Å². The van der Waals surface area contributed by atoms with Crippen LogP contribution in [0.15, 0.2) is 23.2 Å². The van der Waals surface area contributed by atoms with Crippen LogP contribution in [0.4, 0.5) is 8.78 Å². The first-order chi connectivity index (χ1) is 10.6. The van der Waals surface area contributed by atoms with Crippen molar-refractivity contribution >= 4 is 29.9 Å². The highest BCUT2D eigenvalue weighted by Crippen LogP contribution is 2.13. The standard InChI is InChI=1S/C16H23F2N3O.HI/c1-2-19-16(21-10-7-13(22)8-11-21)20-9-6-12-4-3-5-14(17)15(12)18;/h3-5,13,22H,2,6-11H2,1H3,(H,19,20);1H. The Morgan fingerprint density at radius 1 is 1.35 bits per heavy atom. The molecule has 2 rings (SSSR count). The Bertz CT molecular complexity index is 520. The number of rotatable bonds is 4. The van der Waals surface area contributed by atoms with Gasteiger partial charge in [0.25, 0.3) is 0 Å². The van der Waals surface area contributed by atoms with Crippen LogP contribution in [-0.2, 0) is 6.42 Å². The van der Waals surface area contributed by atoms with Crippen LogP contribution in [0.2, 0.25) is 0 Å². The number of benzene rings is 1. The summed E-state index contributed by atoms with van der Waals surface area (Å²) in [6.45, 7) is 4.62. The number of aliphatic hydroxyl groups excluding tert-OH is 1. The summed E-state index contributed by atoms with van der Waals surface area (Å²) in [5, 5.41) is 12.8. The molecule has 0 aromatic heterocycles. The van der Waals surface area contributed by atoms with Crippen molar-refractivity contribution < 1.29 is 13.9 Å². The van der Waals surface area contributed by atoms with Crippen molar-refractivity contribution in [3.63, 3.8) is 0 Å². The van der Waals surface area contributed by atoms with Gasteiger partial charge >= 0.3 is 0 Å². The minimum Gasteiger partial charge on any atom is -0.393 e. The zero-order chi connectivity index (χ0) is 15.9. The summed E-state index contributed by atoms with van der Waals surface area (Å²) in [5.74, 6) is -0.839. The van der Waals surface area contributed by atoms with Crippen LogP contribution in [0.3, 0.4) is 0 Å². The first-order valence-electron chi connectivity index (χ1n) is 7.76. The van der Waals surface area contributed by atoms with Gasteiger partial charge in [0, 0.05) is 26.2 Å². The third-order valence-corrected chi connectivity index (χ3v) is 3.77. The fourth-order valence-corrected chi connectivity index (χ4v) is 2.53. The lowest BCUT2D eigenvalue weighted by Gasteiger charge is -2.32. The lowest BCUT2D eigenvalue weighted by molar-refractivity contribution is 0.108. The van der Waals surface area contributed by atoms with E-state index in [0.29, 0.717) is 18.5 Å². The topological polar surface area (TPSA) is 47.9 Å². The molecular formula is C16H24F2IN3O. The summed E-state index contributed by atoms with van der Waals surface area (Å²) in [7, 11) is 0. The minimum atomic E-state index is -0.821. The summed E-state index contributed by atoms with van der Waals surface area (Å²) in [6.07, 6.45) is 1.57. The van der Waals surface area contributed by atoms with Crippen LogP contribution in [0.1, 0.15) is 25.3 Å². The van der Waals surface area contributed by atoms with Crippen molar-refractivity contribution in [3.05, 3.63) is 35.4 Å². The van der Waals surface area contributed by atoms with Crippen molar-refractivity contribution in [2.75, 3.05) is 26.2 Å². The average Bonchev–Trinajstić information content (AvgIpc) is 2.51. The van der Waals surface area contributed by atoms with E-state index in [4.69, 9.17) is 0 Å². The van der Waals surface area contributed by atoms with E-state index < -0.39 is 11.6 Å². The van der Waals surface area contributed by atoms with Gasteiger partial charge in [0.05, 0.1) is 6.10 Å². The van der Waals surface area contributed by atoms with Gasteiger partial charge in [0.1, 0.15) is 0 Å². The molecular weight excluding hydrogens is 415 g/mol. The normalized spacial score (nSPS) is 16.2. The van der Waals surface area contributed by atoms with E-state index >= 15 is 0 Å². The number of halogens is 3. The molecule has 0 aliphatic carbocycles. The maximum absolute atomic E-state index is 13.6. The number of hydrogen-bond acceptors (Lipinski definition) is 2. The molecule has 1 aliphatic heterocycles. The number of piperidine rings is 1. The van der Waals surface area contributed by atoms with Gasteiger partial charge in [-0.1, -0.05) is 12.1 Å². The van der Waals surface area contributed by atoms with Crippen LogP contribution in [-0.4, -0.2) is 48.2 Å². The molecule has 130 valence electrons. The van der Waals surface area contributed by atoms with E-state index in [1.807, 2.05) is 6.92 Å². The molecule has 23 heavy (non-hydrogen) atoms. The molecule has 1 heterocycles. The highest BCUT2D eigenvalue weighted by Gasteiger charge is 2.19. The van der Waals surface area contributed by atoms with Gasteiger partial charge in [-0.15, -0.1) is 24.0 Å². The van der Waals surface area contributed by atoms with Gasteiger partial charge in [0.2, 0.25) is 0 Å². The fourth-order valence-electron chi connectivity index (χ4n) is 2.53. The maximum atomic E-state index is 13.6. The van der Waals surface area contributed by atoms with Crippen LogP contribution in [0.25, 0.3) is 0 Å². The molecule has 4 nitrogen and oxygen atoms in total. The lowest BCUT2D eigenvalue weighted by atomic mass is 10.1. The summed E-state index contributed by atoms with van der Waals surface area (Å²) >= 11 is 0. The second-order valence-electron chi connectivity index (χ2n) is 5.42. The largest absolute Gasteiger partial charge is 0.393 e. The minimum absolute atomic E-state index is 0. The summed E-state index contributed by atoms with van der Waals surface area (Å²) in [6, 6.07) is 4.21. The molecule has 0 radical (unpaired) electrons. The Morgan fingerprint density at radius 3 is 2.70 bits per heavy atom. The van der Waals surface area contributed by atoms with E-state index in [1.54, 1.807) is 6.07 Å². The van der Waals surface area contributed by atoms with Crippen LogP contribution >= 0.6 is 24.0 Å². The number of nitrogens with zero attached hydrogens (tertiary/aromatic N) is 2. The lowest BCUT2D eigenvalue weighted by Crippen LogP contribution is -2.46. The van der Waals surface area contributed by atoms with Gasteiger partial charge in [-0.2, -0.15) is 0 Å². The number of nitrogens with one attached hydrogen (secondary N) is 1.